The van der Waals surface area contributed by atoms with Crippen LogP contribution in [0, 0.1) is 11.3 Å². The molecule has 1 atom stereocenters. The van der Waals surface area contributed by atoms with Gasteiger partial charge in [-0.25, -0.2) is 0 Å². The van der Waals surface area contributed by atoms with Gasteiger partial charge < -0.3 is 0 Å². The van der Waals surface area contributed by atoms with Gasteiger partial charge in [-0.05, 0) is 41.7 Å². The molecule has 0 amide bonds. The Bertz CT molecular complexity index is 775. The van der Waals surface area contributed by atoms with Crippen LogP contribution in [0.4, 0.5) is 0 Å². The quantitative estimate of drug-likeness (QED) is 0.661. The Morgan fingerprint density at radius 2 is 1.79 bits per heavy atom. The summed E-state index contributed by atoms with van der Waals surface area (Å²) in [6.07, 6.45) is 11.7. The second-order valence-corrected chi connectivity index (χ2v) is 6.51. The van der Waals surface area contributed by atoms with Gasteiger partial charge in [-0.2, -0.15) is 5.26 Å². The van der Waals surface area contributed by atoms with Crippen molar-refractivity contribution in [1.29, 1.82) is 5.26 Å². The number of allylic oxidation sites excluding steroid dienone is 4. The van der Waals surface area contributed by atoms with Gasteiger partial charge in [-0.1, -0.05) is 80.5 Å². The Balaban J connectivity index is 1.87. The lowest BCUT2D eigenvalue weighted by molar-refractivity contribution is 0.470. The van der Waals surface area contributed by atoms with Crippen LogP contribution in [0.2, 0.25) is 0 Å². The lowest BCUT2D eigenvalue weighted by Crippen LogP contribution is -2.24. The summed E-state index contributed by atoms with van der Waals surface area (Å²) >= 11 is 0. The van der Waals surface area contributed by atoms with E-state index >= 15 is 0 Å². The zero-order chi connectivity index (χ0) is 16.8. The fourth-order valence-corrected chi connectivity index (χ4v) is 3.43. The Morgan fingerprint density at radius 3 is 2.38 bits per heavy atom. The predicted octanol–water partition coefficient (Wildman–Crippen LogP) is 6.03. The first-order valence-corrected chi connectivity index (χ1v) is 8.73. The maximum atomic E-state index is 8.94. The van der Waals surface area contributed by atoms with Gasteiger partial charge in [0, 0.05) is 5.41 Å². The molecule has 0 radical (unpaired) electrons. The van der Waals surface area contributed by atoms with Crippen LogP contribution < -0.4 is 0 Å². The molecule has 0 saturated carbocycles. The molecule has 0 unspecified atom stereocenters. The molecule has 0 aliphatic heterocycles. The van der Waals surface area contributed by atoms with Gasteiger partial charge in [0.1, 0.15) is 0 Å². The van der Waals surface area contributed by atoms with E-state index < -0.39 is 0 Å². The topological polar surface area (TPSA) is 23.8 Å². The van der Waals surface area contributed by atoms with E-state index in [1.165, 1.54) is 36.0 Å². The highest BCUT2D eigenvalue weighted by molar-refractivity contribution is 5.76. The molecule has 24 heavy (non-hydrogen) atoms. The zero-order valence-corrected chi connectivity index (χ0v) is 14.2. The maximum Gasteiger partial charge on any atom is 0.0991 e. The molecule has 1 aliphatic carbocycles. The van der Waals surface area contributed by atoms with E-state index in [0.29, 0.717) is 5.56 Å². The molecule has 3 rings (SSSR count). The van der Waals surface area contributed by atoms with Gasteiger partial charge in [-0.3, -0.25) is 0 Å². The van der Waals surface area contributed by atoms with Gasteiger partial charge in [0.25, 0.3) is 0 Å². The van der Waals surface area contributed by atoms with Crippen molar-refractivity contribution < 1.29 is 0 Å². The number of hydrogen-bond acceptors (Lipinski definition) is 1. The van der Waals surface area contributed by atoms with E-state index in [4.69, 9.17) is 5.26 Å². The van der Waals surface area contributed by atoms with Crippen molar-refractivity contribution in [2.24, 2.45) is 0 Å². The first-order chi connectivity index (χ1) is 11.8. The fraction of sp³-hybridized carbons (Fsp3) is 0.261. The van der Waals surface area contributed by atoms with Crippen molar-refractivity contribution in [1.82, 2.24) is 0 Å². The van der Waals surface area contributed by atoms with Crippen LogP contribution in [0.1, 0.15) is 49.3 Å². The van der Waals surface area contributed by atoms with Gasteiger partial charge in [-0.15, -0.1) is 0 Å². The third-order valence-corrected chi connectivity index (χ3v) is 4.94. The van der Waals surface area contributed by atoms with Crippen LogP contribution in [-0.2, 0) is 5.41 Å². The average molecular weight is 313 g/mol. The number of rotatable bonds is 5. The van der Waals surface area contributed by atoms with E-state index in [-0.39, 0.29) is 5.41 Å². The first-order valence-electron chi connectivity index (χ1n) is 8.73. The summed E-state index contributed by atoms with van der Waals surface area (Å²) < 4.78 is 0. The standard InChI is InChI=1S/C23H23N/c1-2-3-15-23(22-7-5-4-6-8-22)16-13-21(14-17-23)20-11-9-19(18-24)10-12-20/h4-14,16H,2-3,15,17H2,1H3/t23-/m1/s1. The van der Waals surface area contributed by atoms with E-state index in [0.717, 1.165) is 6.42 Å². The average Bonchev–Trinajstić information content (AvgIpc) is 2.67. The van der Waals surface area contributed by atoms with Crippen molar-refractivity contribution in [3.63, 3.8) is 0 Å². The summed E-state index contributed by atoms with van der Waals surface area (Å²) in [5, 5.41) is 8.94. The summed E-state index contributed by atoms with van der Waals surface area (Å²) in [4.78, 5) is 0. The van der Waals surface area contributed by atoms with Crippen molar-refractivity contribution >= 4 is 5.57 Å². The number of benzene rings is 2. The monoisotopic (exact) mass is 313 g/mol. The van der Waals surface area contributed by atoms with E-state index in [1.54, 1.807) is 0 Å². The molecular weight excluding hydrogens is 290 g/mol. The Labute approximate surface area is 145 Å². The molecule has 0 aromatic heterocycles. The van der Waals surface area contributed by atoms with Gasteiger partial charge in [0.2, 0.25) is 0 Å². The van der Waals surface area contributed by atoms with Crippen LogP contribution in [0.15, 0.2) is 72.8 Å². The van der Waals surface area contributed by atoms with Crippen molar-refractivity contribution in [3.05, 3.63) is 89.5 Å². The van der Waals surface area contributed by atoms with Crippen LogP contribution in [-0.4, -0.2) is 0 Å². The highest BCUT2D eigenvalue weighted by atomic mass is 14.3. The molecule has 0 N–H and O–H groups in total. The summed E-state index contributed by atoms with van der Waals surface area (Å²) in [7, 11) is 0. The molecule has 1 aliphatic rings. The second kappa shape index (κ2) is 7.32. The maximum absolute atomic E-state index is 8.94. The SMILES string of the molecule is CCCC[C@@]1(c2ccccc2)C=CC(c2ccc(C#N)cc2)=CC1. The lowest BCUT2D eigenvalue weighted by Gasteiger charge is -2.33. The minimum Gasteiger partial charge on any atom is -0.192 e. The smallest absolute Gasteiger partial charge is 0.0991 e. The van der Waals surface area contributed by atoms with Crippen LogP contribution in [0.3, 0.4) is 0 Å². The van der Waals surface area contributed by atoms with Crippen LogP contribution in [0.5, 0.6) is 0 Å². The largest absolute Gasteiger partial charge is 0.192 e. The van der Waals surface area contributed by atoms with Gasteiger partial charge in [0.15, 0.2) is 0 Å². The van der Waals surface area contributed by atoms with Gasteiger partial charge in [0.05, 0.1) is 11.6 Å². The number of unbranched alkanes of at least 4 members (excludes halogenated alkanes) is 1. The Hall–Kier alpha value is -2.59. The Morgan fingerprint density at radius 1 is 1.04 bits per heavy atom. The number of nitrogens with zero attached hydrogens (tertiary/aromatic N) is 1. The minimum absolute atomic E-state index is 0.118. The van der Waals surface area contributed by atoms with E-state index in [2.05, 4.69) is 61.6 Å². The van der Waals surface area contributed by atoms with Crippen molar-refractivity contribution in [3.8, 4) is 6.07 Å². The third kappa shape index (κ3) is 3.34. The van der Waals surface area contributed by atoms with Crippen molar-refractivity contribution in [2.45, 2.75) is 38.0 Å². The molecule has 120 valence electrons. The normalized spacial score (nSPS) is 19.6. The van der Waals surface area contributed by atoms with E-state index in [1.807, 2.05) is 24.3 Å². The van der Waals surface area contributed by atoms with Crippen LogP contribution >= 0.6 is 0 Å². The summed E-state index contributed by atoms with van der Waals surface area (Å²) in [5.41, 5.74) is 4.67. The fourth-order valence-electron chi connectivity index (χ4n) is 3.43. The Kier molecular flexibility index (Phi) is 4.96. The minimum atomic E-state index is 0.118. The van der Waals surface area contributed by atoms with E-state index in [9.17, 15) is 0 Å². The highest BCUT2D eigenvalue weighted by Crippen LogP contribution is 2.40. The highest BCUT2D eigenvalue weighted by Gasteiger charge is 2.29. The molecule has 0 bridgehead atoms. The summed E-state index contributed by atoms with van der Waals surface area (Å²) in [5.74, 6) is 0. The number of hydrogen-bond donors (Lipinski definition) is 0. The lowest BCUT2D eigenvalue weighted by atomic mass is 9.70. The molecule has 0 heterocycles. The molecular formula is C23H23N. The molecule has 1 heteroatoms. The third-order valence-electron chi connectivity index (χ3n) is 4.94. The molecule has 1 nitrogen and oxygen atoms in total. The van der Waals surface area contributed by atoms with Crippen LogP contribution in [0.25, 0.3) is 5.57 Å². The van der Waals surface area contributed by atoms with Gasteiger partial charge >= 0.3 is 0 Å². The molecule has 0 spiro atoms. The molecule has 0 fully saturated rings. The second-order valence-electron chi connectivity index (χ2n) is 6.51. The molecule has 2 aromatic carbocycles. The molecule has 2 aromatic rings. The summed E-state index contributed by atoms with van der Waals surface area (Å²) in [6, 6.07) is 20.9. The predicted molar refractivity (Wildman–Crippen MR) is 101 cm³/mol. The number of nitriles is 1. The zero-order valence-electron chi connectivity index (χ0n) is 14.2. The van der Waals surface area contributed by atoms with Crippen molar-refractivity contribution in [2.75, 3.05) is 0 Å². The summed E-state index contributed by atoms with van der Waals surface area (Å²) in [6.45, 7) is 2.25. The first kappa shape index (κ1) is 16.3. The molecule has 0 saturated heterocycles.